The number of hydrogen-bond donors (Lipinski definition) is 2. The van der Waals surface area contributed by atoms with E-state index in [0.29, 0.717) is 10.8 Å². The molecule has 18 heavy (non-hydrogen) atoms. The number of nitrogens with one attached hydrogen (secondary N) is 1. The number of rotatable bonds is 1. The van der Waals surface area contributed by atoms with Crippen LogP contribution in [0.2, 0.25) is 0 Å². The molecule has 2 N–H and O–H groups in total. The molecule has 2 aromatic carbocycles. The molecule has 0 bridgehead atoms. The number of aromatic amines is 1. The molecule has 0 atom stereocenters. The molecule has 0 amide bonds. The lowest BCUT2D eigenvalue weighted by atomic mass is 10.0. The fraction of sp³-hybridized carbons (Fsp3) is 0. The zero-order valence-electron chi connectivity index (χ0n) is 9.55. The number of aromatic hydroxyl groups is 1. The first kappa shape index (κ1) is 10.6. The van der Waals surface area contributed by atoms with Crippen LogP contribution in [0.25, 0.3) is 21.9 Å². The van der Waals surface area contributed by atoms with Crippen molar-refractivity contribution in [1.82, 2.24) is 4.98 Å². The Kier molecular flexibility index (Phi) is 2.38. The second kappa shape index (κ2) is 4.04. The Balaban J connectivity index is 2.30. The topological polar surface area (TPSA) is 53.1 Å². The molecule has 3 aromatic rings. The molecular formula is C15H11NO2. The number of pyridine rings is 1. The zero-order chi connectivity index (χ0) is 12.5. The van der Waals surface area contributed by atoms with Gasteiger partial charge in [-0.1, -0.05) is 36.4 Å². The molecule has 0 aliphatic rings. The number of hydrogen-bond acceptors (Lipinski definition) is 2. The molecule has 0 saturated heterocycles. The first-order valence-electron chi connectivity index (χ1n) is 5.65. The third-order valence-electron chi connectivity index (χ3n) is 2.99. The van der Waals surface area contributed by atoms with Gasteiger partial charge < -0.3 is 10.1 Å². The number of aromatic nitrogens is 1. The second-order valence-electron chi connectivity index (χ2n) is 4.13. The normalized spacial score (nSPS) is 10.7. The highest BCUT2D eigenvalue weighted by atomic mass is 16.3. The van der Waals surface area contributed by atoms with E-state index < -0.39 is 0 Å². The standard InChI is InChI=1S/C15H11NO2/c17-14-9-16-15(18)13-8-11(6-7-12(13)14)10-4-2-1-3-5-10/h1-9,17H,(H,16,18). The highest BCUT2D eigenvalue weighted by Crippen LogP contribution is 2.26. The molecule has 0 fully saturated rings. The summed E-state index contributed by atoms with van der Waals surface area (Å²) in [4.78, 5) is 14.3. The van der Waals surface area contributed by atoms with Crippen molar-refractivity contribution in [3.63, 3.8) is 0 Å². The number of benzene rings is 2. The van der Waals surface area contributed by atoms with E-state index in [1.165, 1.54) is 6.20 Å². The Morgan fingerprint density at radius 3 is 2.44 bits per heavy atom. The average molecular weight is 237 g/mol. The van der Waals surface area contributed by atoms with E-state index in [2.05, 4.69) is 4.98 Å². The van der Waals surface area contributed by atoms with E-state index in [-0.39, 0.29) is 11.3 Å². The first-order chi connectivity index (χ1) is 8.75. The summed E-state index contributed by atoms with van der Waals surface area (Å²) in [6.45, 7) is 0. The van der Waals surface area contributed by atoms with Gasteiger partial charge in [0.1, 0.15) is 5.75 Å². The van der Waals surface area contributed by atoms with Gasteiger partial charge in [0.05, 0.1) is 5.39 Å². The highest BCUT2D eigenvalue weighted by molar-refractivity contribution is 5.90. The molecule has 1 heterocycles. The maximum Gasteiger partial charge on any atom is 0.256 e. The summed E-state index contributed by atoms with van der Waals surface area (Å²) in [6, 6.07) is 15.3. The van der Waals surface area contributed by atoms with Crippen LogP contribution in [0.1, 0.15) is 0 Å². The molecule has 0 radical (unpaired) electrons. The van der Waals surface area contributed by atoms with Gasteiger partial charge in [0.25, 0.3) is 5.56 Å². The van der Waals surface area contributed by atoms with Crippen LogP contribution in [0.5, 0.6) is 5.75 Å². The third-order valence-corrected chi connectivity index (χ3v) is 2.99. The molecule has 0 aliphatic carbocycles. The SMILES string of the molecule is O=c1[nH]cc(O)c2ccc(-c3ccccc3)cc12. The van der Waals surface area contributed by atoms with Crippen LogP contribution in [-0.2, 0) is 0 Å². The Bertz CT molecular complexity index is 760. The van der Waals surface area contributed by atoms with Crippen molar-refractivity contribution in [3.8, 4) is 16.9 Å². The van der Waals surface area contributed by atoms with Crippen LogP contribution in [0.15, 0.2) is 59.5 Å². The summed E-state index contributed by atoms with van der Waals surface area (Å²) < 4.78 is 0. The van der Waals surface area contributed by atoms with Crippen LogP contribution in [-0.4, -0.2) is 10.1 Å². The van der Waals surface area contributed by atoms with Gasteiger partial charge in [-0.25, -0.2) is 0 Å². The van der Waals surface area contributed by atoms with Crippen LogP contribution in [0, 0.1) is 0 Å². The minimum Gasteiger partial charge on any atom is -0.506 e. The van der Waals surface area contributed by atoms with E-state index in [9.17, 15) is 9.90 Å². The zero-order valence-corrected chi connectivity index (χ0v) is 9.55. The van der Waals surface area contributed by atoms with Crippen LogP contribution in [0.4, 0.5) is 0 Å². The van der Waals surface area contributed by atoms with Crippen molar-refractivity contribution in [2.75, 3.05) is 0 Å². The summed E-state index contributed by atoms with van der Waals surface area (Å²) in [6.07, 6.45) is 1.31. The van der Waals surface area contributed by atoms with Crippen molar-refractivity contribution in [1.29, 1.82) is 0 Å². The van der Waals surface area contributed by atoms with E-state index in [4.69, 9.17) is 0 Å². The first-order valence-corrected chi connectivity index (χ1v) is 5.65. The smallest absolute Gasteiger partial charge is 0.256 e. The van der Waals surface area contributed by atoms with E-state index >= 15 is 0 Å². The second-order valence-corrected chi connectivity index (χ2v) is 4.13. The highest BCUT2D eigenvalue weighted by Gasteiger charge is 2.05. The largest absolute Gasteiger partial charge is 0.506 e. The van der Waals surface area contributed by atoms with Gasteiger partial charge in [-0.05, 0) is 23.3 Å². The molecule has 0 saturated carbocycles. The van der Waals surface area contributed by atoms with Crippen LogP contribution >= 0.6 is 0 Å². The molecule has 0 aliphatic heterocycles. The molecule has 3 rings (SSSR count). The van der Waals surface area contributed by atoms with Crippen LogP contribution < -0.4 is 5.56 Å². The molecular weight excluding hydrogens is 226 g/mol. The summed E-state index contributed by atoms with van der Waals surface area (Å²) in [5, 5.41) is 10.8. The van der Waals surface area contributed by atoms with Crippen molar-refractivity contribution >= 4 is 10.8 Å². The molecule has 3 nitrogen and oxygen atoms in total. The monoisotopic (exact) mass is 237 g/mol. The van der Waals surface area contributed by atoms with Gasteiger partial charge in [-0.15, -0.1) is 0 Å². The Morgan fingerprint density at radius 2 is 1.67 bits per heavy atom. The van der Waals surface area contributed by atoms with E-state index in [1.807, 2.05) is 36.4 Å². The molecule has 88 valence electrons. The Labute approximate surface area is 103 Å². The lowest BCUT2D eigenvalue weighted by molar-refractivity contribution is 0.479. The molecule has 1 aromatic heterocycles. The lowest BCUT2D eigenvalue weighted by Crippen LogP contribution is -2.04. The minimum absolute atomic E-state index is 0.0872. The fourth-order valence-electron chi connectivity index (χ4n) is 2.06. The number of fused-ring (bicyclic) bond motifs is 1. The van der Waals surface area contributed by atoms with Crippen molar-refractivity contribution in [3.05, 3.63) is 65.1 Å². The minimum atomic E-state index is -0.194. The van der Waals surface area contributed by atoms with Gasteiger partial charge in [-0.2, -0.15) is 0 Å². The molecule has 0 unspecified atom stereocenters. The predicted octanol–water partition coefficient (Wildman–Crippen LogP) is 2.90. The molecule has 3 heteroatoms. The summed E-state index contributed by atoms with van der Waals surface area (Å²) in [5.74, 6) is 0.0872. The fourth-order valence-corrected chi connectivity index (χ4v) is 2.06. The van der Waals surface area contributed by atoms with Crippen molar-refractivity contribution in [2.45, 2.75) is 0 Å². The van der Waals surface area contributed by atoms with E-state index in [1.54, 1.807) is 12.1 Å². The quantitative estimate of drug-likeness (QED) is 0.683. The van der Waals surface area contributed by atoms with Gasteiger partial charge in [0, 0.05) is 11.6 Å². The van der Waals surface area contributed by atoms with Crippen molar-refractivity contribution < 1.29 is 5.11 Å². The lowest BCUT2D eigenvalue weighted by Gasteiger charge is -2.04. The van der Waals surface area contributed by atoms with Gasteiger partial charge in [0.2, 0.25) is 0 Å². The number of H-pyrrole nitrogens is 1. The average Bonchev–Trinajstić information content (AvgIpc) is 2.44. The maximum atomic E-state index is 11.7. The summed E-state index contributed by atoms with van der Waals surface area (Å²) in [7, 11) is 0. The predicted molar refractivity (Wildman–Crippen MR) is 71.7 cm³/mol. The Hall–Kier alpha value is -2.55. The maximum absolute atomic E-state index is 11.7. The van der Waals surface area contributed by atoms with Gasteiger partial charge in [0.15, 0.2) is 0 Å². The summed E-state index contributed by atoms with van der Waals surface area (Å²) >= 11 is 0. The van der Waals surface area contributed by atoms with Gasteiger partial charge in [-0.3, -0.25) is 4.79 Å². The van der Waals surface area contributed by atoms with Crippen molar-refractivity contribution in [2.24, 2.45) is 0 Å². The van der Waals surface area contributed by atoms with E-state index in [0.717, 1.165) is 11.1 Å². The summed E-state index contributed by atoms with van der Waals surface area (Å²) in [5.41, 5.74) is 1.81. The third kappa shape index (κ3) is 1.66. The van der Waals surface area contributed by atoms with Crippen LogP contribution in [0.3, 0.4) is 0 Å². The molecule has 0 spiro atoms. The van der Waals surface area contributed by atoms with Gasteiger partial charge >= 0.3 is 0 Å². The Morgan fingerprint density at radius 1 is 0.889 bits per heavy atom.